The maximum Gasteiger partial charge on any atom is 0.506 e. The molecule has 0 radical (unpaired) electrons. The lowest BCUT2D eigenvalue weighted by Gasteiger charge is -2.22. The van der Waals surface area contributed by atoms with Crippen molar-refractivity contribution in [1.82, 2.24) is 14.6 Å². The maximum absolute atomic E-state index is 14.8. The number of carboxylic acid groups (broad SMARTS) is 1. The standard InChI is InChI=1S/C22H27F2N4O6P.C8H8O3.C4H6.CH4O/c1-21(2)12-16(18(29)33-21)27-35(34-14-7-5-4-6-8-14)31-13-15-11-22(23,24)19(32-15)28-10-9-17(25-3)26-20(28)30;9-8(10)11-6-7-4-2-1-3-5-7;1-3-4-2;1-2/h4-10,15-16,19,27H,11-13H2,1-3H3,(H,25,26,30);1-5H,6H2,(H,9,10);3-4H,1-2H2;2H,1H3. The average molecular weight is 751 g/mol. The molecule has 2 aliphatic heterocycles. The smallest absolute Gasteiger partial charge is 0.458 e. The number of anilines is 1. The molecule has 3 aromatic rings. The zero-order chi connectivity index (χ0) is 38.7. The Hall–Kier alpha value is -4.73. The van der Waals surface area contributed by atoms with E-state index in [0.29, 0.717) is 12.2 Å². The monoisotopic (exact) mass is 750 g/mol. The number of esters is 1. The van der Waals surface area contributed by atoms with Gasteiger partial charge in [0, 0.05) is 33.2 Å². The van der Waals surface area contributed by atoms with Crippen LogP contribution in [0.2, 0.25) is 0 Å². The highest BCUT2D eigenvalue weighted by Gasteiger charge is 2.52. The van der Waals surface area contributed by atoms with Crippen LogP contribution in [0.5, 0.6) is 5.75 Å². The Morgan fingerprint density at radius 3 is 2.19 bits per heavy atom. The average Bonchev–Trinajstić information content (AvgIpc) is 3.58. The second kappa shape index (κ2) is 21.6. The van der Waals surface area contributed by atoms with Crippen LogP contribution in [0.4, 0.5) is 19.4 Å². The number of halogens is 2. The molecule has 14 nitrogen and oxygen atoms in total. The van der Waals surface area contributed by atoms with Gasteiger partial charge >= 0.3 is 26.3 Å². The molecule has 2 fully saturated rings. The topological polar surface area (TPSA) is 180 Å². The fourth-order valence-electron chi connectivity index (χ4n) is 4.55. The lowest BCUT2D eigenvalue weighted by atomic mass is 10.0. The molecular weight excluding hydrogens is 705 g/mol. The number of aliphatic hydroxyl groups excluding tert-OH is 1. The van der Waals surface area contributed by atoms with E-state index in [-0.39, 0.29) is 19.0 Å². The van der Waals surface area contributed by atoms with Gasteiger partial charge in [0.2, 0.25) is 6.23 Å². The van der Waals surface area contributed by atoms with E-state index < -0.39 is 62.7 Å². The quantitative estimate of drug-likeness (QED) is 0.0954. The van der Waals surface area contributed by atoms with Gasteiger partial charge in [0.25, 0.3) is 5.92 Å². The van der Waals surface area contributed by atoms with E-state index in [9.17, 15) is 23.2 Å². The number of carbonyl (C=O) groups excluding carboxylic acids is 1. The number of allylic oxidation sites excluding steroid dienone is 2. The summed E-state index contributed by atoms with van der Waals surface area (Å²) in [5, 5.41) is 20.8. The Morgan fingerprint density at radius 2 is 1.67 bits per heavy atom. The molecule has 0 bridgehead atoms. The lowest BCUT2D eigenvalue weighted by molar-refractivity contribution is -0.147. The van der Waals surface area contributed by atoms with Crippen molar-refractivity contribution in [3.05, 3.63) is 114 Å². The molecule has 284 valence electrons. The van der Waals surface area contributed by atoms with Crippen LogP contribution in [0, 0.1) is 0 Å². The number of para-hydroxylation sites is 1. The Labute approximate surface area is 302 Å². The molecule has 2 aromatic carbocycles. The van der Waals surface area contributed by atoms with Crippen LogP contribution in [0.1, 0.15) is 38.5 Å². The van der Waals surface area contributed by atoms with Gasteiger partial charge in [-0.2, -0.15) is 4.98 Å². The van der Waals surface area contributed by atoms with E-state index in [4.69, 9.17) is 28.7 Å². The Balaban J connectivity index is 0.000000457. The maximum atomic E-state index is 14.8. The number of benzene rings is 2. The molecule has 4 atom stereocenters. The number of hydrogen-bond acceptors (Lipinski definition) is 12. The molecule has 17 heteroatoms. The largest absolute Gasteiger partial charge is 0.506 e. The van der Waals surface area contributed by atoms with Crippen molar-refractivity contribution in [2.45, 2.75) is 63.2 Å². The van der Waals surface area contributed by atoms with E-state index in [1.807, 2.05) is 36.4 Å². The van der Waals surface area contributed by atoms with Crippen molar-refractivity contribution in [2.75, 3.05) is 26.1 Å². The molecule has 3 heterocycles. The number of nitrogens with zero attached hydrogens (tertiary/aromatic N) is 2. The summed E-state index contributed by atoms with van der Waals surface area (Å²) in [6.07, 6.45) is 0.138. The third kappa shape index (κ3) is 14.5. The minimum absolute atomic E-state index is 0.121. The summed E-state index contributed by atoms with van der Waals surface area (Å²) in [7, 11) is 0.656. The second-order valence-electron chi connectivity index (χ2n) is 11.4. The molecule has 0 spiro atoms. The highest BCUT2D eigenvalue weighted by Crippen LogP contribution is 2.44. The van der Waals surface area contributed by atoms with Crippen LogP contribution in [0.15, 0.2) is 103 Å². The van der Waals surface area contributed by atoms with Crippen LogP contribution in [-0.4, -0.2) is 76.3 Å². The molecule has 0 aliphatic carbocycles. The molecule has 0 saturated carbocycles. The van der Waals surface area contributed by atoms with Crippen molar-refractivity contribution < 1.29 is 51.8 Å². The summed E-state index contributed by atoms with van der Waals surface area (Å²) in [5.41, 5.74) is -0.645. The van der Waals surface area contributed by atoms with Gasteiger partial charge in [-0.05, 0) is 37.6 Å². The van der Waals surface area contributed by atoms with Gasteiger partial charge in [-0.15, -0.1) is 0 Å². The van der Waals surface area contributed by atoms with Gasteiger partial charge in [0.1, 0.15) is 29.8 Å². The molecule has 0 amide bonds. The van der Waals surface area contributed by atoms with E-state index in [1.165, 1.54) is 12.3 Å². The third-order valence-corrected chi connectivity index (χ3v) is 8.10. The van der Waals surface area contributed by atoms with Gasteiger partial charge in [0.05, 0.1) is 12.7 Å². The number of aromatic nitrogens is 2. The molecule has 52 heavy (non-hydrogen) atoms. The van der Waals surface area contributed by atoms with Crippen LogP contribution >= 0.6 is 8.53 Å². The van der Waals surface area contributed by atoms with E-state index in [1.54, 1.807) is 57.3 Å². The van der Waals surface area contributed by atoms with Gasteiger partial charge in [0.15, 0.2) is 0 Å². The van der Waals surface area contributed by atoms with E-state index in [2.05, 4.69) is 33.3 Å². The molecule has 2 saturated heterocycles. The number of cyclic esters (lactones) is 1. The highest BCUT2D eigenvalue weighted by atomic mass is 31.2. The summed E-state index contributed by atoms with van der Waals surface area (Å²) in [5.74, 6) is -3.02. The van der Waals surface area contributed by atoms with E-state index in [0.717, 1.165) is 17.2 Å². The molecule has 4 unspecified atom stereocenters. The fourth-order valence-corrected chi connectivity index (χ4v) is 5.80. The number of ether oxygens (including phenoxy) is 3. The summed E-state index contributed by atoms with van der Waals surface area (Å²) < 4.78 is 57.1. The molecular formula is C35H45F2N4O10P. The first-order chi connectivity index (χ1) is 24.8. The number of hydrogen-bond donors (Lipinski definition) is 4. The molecule has 2 aliphatic rings. The van der Waals surface area contributed by atoms with E-state index >= 15 is 0 Å². The zero-order valence-electron chi connectivity index (χ0n) is 29.3. The minimum Gasteiger partial charge on any atom is -0.458 e. The second-order valence-corrected chi connectivity index (χ2v) is 12.6. The summed E-state index contributed by atoms with van der Waals surface area (Å²) in [4.78, 5) is 38.1. The summed E-state index contributed by atoms with van der Waals surface area (Å²) in [6.45, 7) is 10.2. The SMILES string of the molecule is C=CC=C.CNc1ccn(C2OC(COP(NC3CC(C)(C)OC3=O)Oc3ccccc3)CC2(F)F)c(=O)n1.CO.O=C(O)OCc1ccccc1. The molecule has 5 rings (SSSR count). The first-order valence-electron chi connectivity index (χ1n) is 15.8. The third-order valence-electron chi connectivity index (χ3n) is 6.82. The first kappa shape index (κ1) is 43.4. The minimum atomic E-state index is -3.32. The van der Waals surface area contributed by atoms with Crippen LogP contribution in [0.25, 0.3) is 0 Å². The zero-order valence-corrected chi connectivity index (χ0v) is 30.2. The van der Waals surface area contributed by atoms with Crippen LogP contribution in [-0.2, 0) is 30.1 Å². The first-order valence-corrected chi connectivity index (χ1v) is 17.0. The Kier molecular flexibility index (Phi) is 18.0. The number of nitrogens with one attached hydrogen (secondary N) is 2. The predicted octanol–water partition coefficient (Wildman–Crippen LogP) is 6.06. The summed E-state index contributed by atoms with van der Waals surface area (Å²) >= 11 is 0. The van der Waals surface area contributed by atoms with Gasteiger partial charge in [-0.1, -0.05) is 73.8 Å². The fraction of sp³-hybridized carbons (Fsp3) is 0.371. The van der Waals surface area contributed by atoms with Crippen LogP contribution < -0.4 is 20.6 Å². The number of aliphatic hydroxyl groups is 1. The van der Waals surface area contributed by atoms with Crippen molar-refractivity contribution in [3.8, 4) is 5.75 Å². The molecule has 1 aromatic heterocycles. The van der Waals surface area contributed by atoms with Crippen molar-refractivity contribution in [1.29, 1.82) is 0 Å². The lowest BCUT2D eigenvalue weighted by Crippen LogP contribution is -2.35. The van der Waals surface area contributed by atoms with Gasteiger partial charge < -0.3 is 38.8 Å². The van der Waals surface area contributed by atoms with Crippen LogP contribution in [0.3, 0.4) is 0 Å². The number of carbonyl (C=O) groups is 2. The van der Waals surface area contributed by atoms with Gasteiger partial charge in [-0.3, -0.25) is 9.36 Å². The van der Waals surface area contributed by atoms with Crippen molar-refractivity contribution in [3.63, 3.8) is 0 Å². The van der Waals surface area contributed by atoms with Gasteiger partial charge in [-0.25, -0.2) is 23.5 Å². The highest BCUT2D eigenvalue weighted by molar-refractivity contribution is 7.45. The number of alkyl halides is 2. The van der Waals surface area contributed by atoms with Crippen molar-refractivity contribution in [2.24, 2.45) is 0 Å². The Morgan fingerprint density at radius 1 is 1.06 bits per heavy atom. The van der Waals surface area contributed by atoms with Crippen molar-refractivity contribution >= 4 is 26.5 Å². The number of rotatable bonds is 12. The predicted molar refractivity (Wildman–Crippen MR) is 191 cm³/mol. The Bertz CT molecular complexity index is 1610. The summed E-state index contributed by atoms with van der Waals surface area (Å²) in [6, 6.07) is 18.7. The molecule has 4 N–H and O–H groups in total. The normalized spacial score (nSPS) is 19.8.